The Hall–Kier alpha value is -3.99. The second-order valence-corrected chi connectivity index (χ2v) is 16.5. The Morgan fingerprint density at radius 1 is 1.25 bits per heavy atom. The fourth-order valence-electron chi connectivity index (χ4n) is 8.93. The summed E-state index contributed by atoms with van der Waals surface area (Å²) in [6.45, 7) is 9.36. The number of thiophene rings is 1. The van der Waals surface area contributed by atoms with Gasteiger partial charge in [-0.3, -0.25) is 9.69 Å². The molecule has 0 bridgehead atoms. The first-order valence-corrected chi connectivity index (χ1v) is 18.8. The molecule has 10 nitrogen and oxygen atoms in total. The highest BCUT2D eigenvalue weighted by atomic mass is 35.5. The van der Waals surface area contributed by atoms with Crippen LogP contribution in [0.1, 0.15) is 58.4 Å². The van der Waals surface area contributed by atoms with Crippen LogP contribution < -0.4 is 20.1 Å². The van der Waals surface area contributed by atoms with E-state index in [2.05, 4.69) is 31.7 Å². The molecule has 0 spiro atoms. The van der Waals surface area contributed by atoms with Crippen molar-refractivity contribution in [3.05, 3.63) is 34.4 Å². The molecule has 4 aromatic rings. The molecule has 4 atom stereocenters. The molecule has 4 aliphatic rings. The van der Waals surface area contributed by atoms with Crippen LogP contribution in [-0.2, 0) is 4.79 Å². The van der Waals surface area contributed by atoms with E-state index in [0.29, 0.717) is 30.8 Å². The molecule has 2 aromatic heterocycles. The van der Waals surface area contributed by atoms with Gasteiger partial charge in [-0.1, -0.05) is 38.4 Å². The molecular formula is C37H40ClF2N7O3S. The molecule has 1 amide bonds. The van der Waals surface area contributed by atoms with Crippen molar-refractivity contribution in [3.8, 4) is 29.0 Å². The van der Waals surface area contributed by atoms with Crippen LogP contribution in [0.4, 0.5) is 19.6 Å². The van der Waals surface area contributed by atoms with Gasteiger partial charge in [0.2, 0.25) is 5.91 Å². The fourth-order valence-corrected chi connectivity index (χ4v) is 10.2. The predicted octanol–water partition coefficient (Wildman–Crippen LogP) is 6.99. The molecule has 0 aliphatic carbocycles. The number of hydrogen-bond acceptors (Lipinski definition) is 10. The van der Waals surface area contributed by atoms with Crippen molar-refractivity contribution in [1.29, 1.82) is 5.26 Å². The standard InChI is InChI=1S/C37H40ClF2N7O3S/c1-18(2)10-20-15-47-21(11-25(48)45(20)4)16-49-32-28-31(43-36(44-35(28)47)50-17-37-8-5-9-46(37)14-19(3)12-37)30(40)27(29(32)38)22-6-7-24(39)33-26(22)23(13-41)34(42)51-33/h6-7,18-21H,5,8-12,14-17,42H2,1-4H3/t19-,20?,21?,37+/m1/s1. The van der Waals surface area contributed by atoms with E-state index in [1.807, 2.05) is 11.9 Å². The number of nitrogens with two attached hydrogens (primary N) is 1. The lowest BCUT2D eigenvalue weighted by atomic mass is 9.92. The Kier molecular flexibility index (Phi) is 8.43. The number of hydrogen-bond donors (Lipinski definition) is 1. The number of nitrogen functional groups attached to an aromatic ring is 1. The van der Waals surface area contributed by atoms with Crippen LogP contribution in [0.15, 0.2) is 12.1 Å². The Bertz CT molecular complexity index is 2140. The molecule has 6 heterocycles. The first kappa shape index (κ1) is 34.1. The summed E-state index contributed by atoms with van der Waals surface area (Å²) in [5.74, 6) is -0.00390. The van der Waals surface area contributed by atoms with Gasteiger partial charge in [-0.05, 0) is 55.7 Å². The topological polar surface area (TPSA) is 121 Å². The van der Waals surface area contributed by atoms with Gasteiger partial charge in [0, 0.05) is 37.1 Å². The van der Waals surface area contributed by atoms with Crippen molar-refractivity contribution >= 4 is 60.7 Å². The third-order valence-electron chi connectivity index (χ3n) is 11.2. The molecular weight excluding hydrogens is 696 g/mol. The summed E-state index contributed by atoms with van der Waals surface area (Å²) >= 11 is 8.05. The Morgan fingerprint density at radius 3 is 2.82 bits per heavy atom. The van der Waals surface area contributed by atoms with Crippen LogP contribution in [-0.4, -0.2) is 83.2 Å². The number of nitriles is 1. The fraction of sp³-hybridized carbons (Fsp3) is 0.514. The van der Waals surface area contributed by atoms with E-state index in [9.17, 15) is 10.1 Å². The quantitative estimate of drug-likeness (QED) is 0.223. The molecule has 3 fully saturated rings. The first-order chi connectivity index (χ1) is 24.4. The predicted molar refractivity (Wildman–Crippen MR) is 194 cm³/mol. The number of ether oxygens (including phenoxy) is 2. The van der Waals surface area contributed by atoms with Crippen molar-refractivity contribution < 1.29 is 23.0 Å². The molecule has 14 heteroatoms. The minimum Gasteiger partial charge on any atom is -0.489 e. The van der Waals surface area contributed by atoms with E-state index in [0.717, 1.165) is 50.1 Å². The molecule has 4 aliphatic heterocycles. The highest BCUT2D eigenvalue weighted by Crippen LogP contribution is 2.51. The number of amides is 1. The van der Waals surface area contributed by atoms with Gasteiger partial charge < -0.3 is 25.0 Å². The van der Waals surface area contributed by atoms with Gasteiger partial charge in [0.25, 0.3) is 0 Å². The van der Waals surface area contributed by atoms with Crippen LogP contribution in [0.3, 0.4) is 0 Å². The number of aromatic nitrogens is 2. The minimum atomic E-state index is -0.784. The number of nitrogens with zero attached hydrogens (tertiary/aromatic N) is 6. The summed E-state index contributed by atoms with van der Waals surface area (Å²) < 4.78 is 45.6. The number of halogens is 3. The maximum atomic E-state index is 17.4. The van der Waals surface area contributed by atoms with E-state index in [4.69, 9.17) is 36.8 Å². The van der Waals surface area contributed by atoms with Gasteiger partial charge in [-0.2, -0.15) is 15.2 Å². The molecule has 3 saturated heterocycles. The molecule has 268 valence electrons. The van der Waals surface area contributed by atoms with E-state index >= 15 is 8.78 Å². The van der Waals surface area contributed by atoms with E-state index in [1.54, 1.807) is 4.90 Å². The van der Waals surface area contributed by atoms with Gasteiger partial charge in [-0.15, -0.1) is 11.3 Å². The third-order valence-corrected chi connectivity index (χ3v) is 12.6. The lowest BCUT2D eigenvalue weighted by Crippen LogP contribution is -2.44. The number of likely N-dealkylation sites (N-methyl/N-ethyl adjacent to an activating group) is 1. The summed E-state index contributed by atoms with van der Waals surface area (Å²) in [4.78, 5) is 29.6. The van der Waals surface area contributed by atoms with Crippen molar-refractivity contribution in [2.75, 3.05) is 50.5 Å². The van der Waals surface area contributed by atoms with Gasteiger partial charge in [0.05, 0.1) is 38.7 Å². The Morgan fingerprint density at radius 2 is 2.06 bits per heavy atom. The van der Waals surface area contributed by atoms with Crippen molar-refractivity contribution in [2.24, 2.45) is 11.8 Å². The molecule has 0 radical (unpaired) electrons. The SMILES string of the molecule is CC(C)CC1CN2c3nc(OC[C@@]45CCCN4C[C@H](C)C5)nc4c(F)c(-c5ccc(F)c6sc(N)c(C#N)c56)c(Cl)c(c34)OCC2CC(=O)N1C. The molecule has 8 rings (SSSR count). The van der Waals surface area contributed by atoms with E-state index < -0.39 is 17.7 Å². The number of fused-ring (bicyclic) bond motifs is 4. The molecule has 2 N–H and O–H groups in total. The Labute approximate surface area is 304 Å². The third kappa shape index (κ3) is 5.44. The lowest BCUT2D eigenvalue weighted by Gasteiger charge is -2.33. The van der Waals surface area contributed by atoms with Gasteiger partial charge in [0.1, 0.15) is 41.4 Å². The molecule has 0 saturated carbocycles. The average molecular weight is 736 g/mol. The Balaban J connectivity index is 1.35. The first-order valence-electron chi connectivity index (χ1n) is 17.6. The number of carbonyl (C=O) groups excluding carboxylic acids is 1. The van der Waals surface area contributed by atoms with E-state index in [-0.39, 0.29) is 90.0 Å². The maximum absolute atomic E-state index is 17.4. The lowest BCUT2D eigenvalue weighted by molar-refractivity contribution is -0.131. The molecule has 51 heavy (non-hydrogen) atoms. The van der Waals surface area contributed by atoms with Crippen molar-refractivity contribution in [3.63, 3.8) is 0 Å². The smallest absolute Gasteiger partial charge is 0.319 e. The van der Waals surface area contributed by atoms with Gasteiger partial charge in [-0.25, -0.2) is 8.78 Å². The van der Waals surface area contributed by atoms with Crippen LogP contribution >= 0.6 is 22.9 Å². The van der Waals surface area contributed by atoms with Crippen LogP contribution in [0, 0.1) is 34.8 Å². The zero-order valence-corrected chi connectivity index (χ0v) is 30.6. The summed E-state index contributed by atoms with van der Waals surface area (Å²) in [5.41, 5.74) is 6.07. The van der Waals surface area contributed by atoms with Crippen LogP contribution in [0.5, 0.6) is 11.8 Å². The van der Waals surface area contributed by atoms with E-state index in [1.165, 1.54) is 12.1 Å². The molecule has 2 unspecified atom stereocenters. The summed E-state index contributed by atoms with van der Waals surface area (Å²) in [6.07, 6.45) is 3.98. The van der Waals surface area contributed by atoms with Crippen molar-refractivity contribution in [2.45, 2.75) is 70.5 Å². The maximum Gasteiger partial charge on any atom is 0.319 e. The monoisotopic (exact) mass is 735 g/mol. The minimum absolute atomic E-state index is 0.0168. The largest absolute Gasteiger partial charge is 0.489 e. The van der Waals surface area contributed by atoms with Gasteiger partial charge >= 0.3 is 6.01 Å². The number of anilines is 2. The zero-order chi connectivity index (χ0) is 35.9. The highest BCUT2D eigenvalue weighted by Gasteiger charge is 2.48. The second kappa shape index (κ2) is 12.6. The highest BCUT2D eigenvalue weighted by molar-refractivity contribution is 7.23. The zero-order valence-electron chi connectivity index (χ0n) is 29.1. The number of benzene rings is 2. The van der Waals surface area contributed by atoms with Crippen LogP contribution in [0.25, 0.3) is 32.1 Å². The summed E-state index contributed by atoms with van der Waals surface area (Å²) in [6, 6.07) is 4.12. The number of carbonyl (C=O) groups is 1. The average Bonchev–Trinajstić information content (AvgIpc) is 3.68. The van der Waals surface area contributed by atoms with Gasteiger partial charge in [0.15, 0.2) is 11.6 Å². The van der Waals surface area contributed by atoms with Crippen molar-refractivity contribution in [1.82, 2.24) is 19.8 Å². The summed E-state index contributed by atoms with van der Waals surface area (Å²) in [7, 11) is 1.83. The van der Waals surface area contributed by atoms with Crippen LogP contribution in [0.2, 0.25) is 5.02 Å². The number of rotatable bonds is 6. The normalized spacial score (nSPS) is 24.8. The second-order valence-electron chi connectivity index (χ2n) is 15.1. The molecule has 2 aromatic carbocycles. The summed E-state index contributed by atoms with van der Waals surface area (Å²) in [5, 5.41) is 10.5.